The highest BCUT2D eigenvalue weighted by atomic mass is 19.4. The van der Waals surface area contributed by atoms with Crippen LogP contribution in [0, 0.1) is 6.92 Å². The summed E-state index contributed by atoms with van der Waals surface area (Å²) >= 11 is 0. The molecular formula is C15H13F3N2O. The highest BCUT2D eigenvalue weighted by Gasteiger charge is 2.31. The minimum absolute atomic E-state index is 0.204. The number of aromatic nitrogens is 1. The van der Waals surface area contributed by atoms with Gasteiger partial charge in [-0.1, -0.05) is 6.07 Å². The van der Waals surface area contributed by atoms with Crippen LogP contribution >= 0.6 is 0 Å². The molecule has 1 aliphatic rings. The van der Waals surface area contributed by atoms with Crippen molar-refractivity contribution in [2.24, 2.45) is 0 Å². The first kappa shape index (κ1) is 13.7. The van der Waals surface area contributed by atoms with Gasteiger partial charge in [0.1, 0.15) is 11.6 Å². The number of aryl methyl sites for hydroxylation is 1. The van der Waals surface area contributed by atoms with Crippen LogP contribution in [-0.4, -0.2) is 17.9 Å². The number of pyridine rings is 1. The Morgan fingerprint density at radius 1 is 1.24 bits per heavy atom. The summed E-state index contributed by atoms with van der Waals surface area (Å²) in [5.74, 6) is 0.661. The van der Waals surface area contributed by atoms with E-state index in [4.69, 9.17) is 0 Å². The van der Waals surface area contributed by atoms with Gasteiger partial charge in [0.2, 0.25) is 0 Å². The normalized spacial score (nSPS) is 14.2. The Kier molecular flexibility index (Phi) is 3.23. The number of hydrogen-bond acceptors (Lipinski definition) is 3. The second-order valence-electron chi connectivity index (χ2n) is 4.88. The molecule has 0 atom stereocenters. The first-order valence-corrected chi connectivity index (χ1v) is 6.52. The van der Waals surface area contributed by atoms with Crippen LogP contribution in [0.25, 0.3) is 0 Å². The Labute approximate surface area is 120 Å². The number of alkyl halides is 3. The molecule has 21 heavy (non-hydrogen) atoms. The molecule has 0 spiro atoms. The predicted molar refractivity (Wildman–Crippen MR) is 72.8 cm³/mol. The summed E-state index contributed by atoms with van der Waals surface area (Å²) in [6.07, 6.45) is -2.08. The fourth-order valence-corrected chi connectivity index (χ4v) is 2.57. The summed E-state index contributed by atoms with van der Waals surface area (Å²) in [4.78, 5) is 6.37. The number of nitrogens with zero attached hydrogens (tertiary/aromatic N) is 2. The van der Waals surface area contributed by atoms with Gasteiger partial charge in [-0.3, -0.25) is 0 Å². The fraction of sp³-hybridized carbons (Fsp3) is 0.267. The maximum Gasteiger partial charge on any atom is 0.573 e. The number of anilines is 2. The van der Waals surface area contributed by atoms with Crippen LogP contribution in [0.15, 0.2) is 36.5 Å². The Morgan fingerprint density at radius 3 is 2.76 bits per heavy atom. The first-order chi connectivity index (χ1) is 9.94. The number of rotatable bonds is 2. The predicted octanol–water partition coefficient (Wildman–Crippen LogP) is 3.98. The lowest BCUT2D eigenvalue weighted by molar-refractivity contribution is -0.274. The van der Waals surface area contributed by atoms with Gasteiger partial charge >= 0.3 is 6.36 Å². The van der Waals surface area contributed by atoms with E-state index in [1.165, 1.54) is 12.1 Å². The topological polar surface area (TPSA) is 25.4 Å². The number of hydrogen-bond donors (Lipinski definition) is 0. The van der Waals surface area contributed by atoms with E-state index in [1.54, 1.807) is 19.2 Å². The molecule has 0 saturated heterocycles. The lowest BCUT2D eigenvalue weighted by Gasteiger charge is -2.21. The molecule has 0 bridgehead atoms. The number of benzene rings is 1. The number of ether oxygens (including phenoxy) is 1. The minimum atomic E-state index is -4.67. The Morgan fingerprint density at radius 2 is 2.05 bits per heavy atom. The molecule has 110 valence electrons. The van der Waals surface area contributed by atoms with Gasteiger partial charge in [-0.05, 0) is 48.7 Å². The highest BCUT2D eigenvalue weighted by molar-refractivity contribution is 5.69. The molecule has 0 radical (unpaired) electrons. The third kappa shape index (κ3) is 2.79. The van der Waals surface area contributed by atoms with Crippen molar-refractivity contribution in [3.05, 3.63) is 47.7 Å². The average Bonchev–Trinajstić information content (AvgIpc) is 2.81. The lowest BCUT2D eigenvalue weighted by Crippen LogP contribution is -2.18. The first-order valence-electron chi connectivity index (χ1n) is 6.52. The second-order valence-corrected chi connectivity index (χ2v) is 4.88. The molecule has 0 N–H and O–H groups in total. The SMILES string of the molecule is Cc1cc(OC(F)(F)F)ccc1N1CCc2cccnc21. The van der Waals surface area contributed by atoms with E-state index in [1.807, 2.05) is 17.0 Å². The second kappa shape index (κ2) is 4.95. The standard InChI is InChI=1S/C15H13F3N2O/c1-10-9-12(21-15(16,17)18)4-5-13(10)20-8-6-11-3-2-7-19-14(11)20/h2-5,7,9H,6,8H2,1H3. The molecule has 6 heteroatoms. The third-order valence-electron chi connectivity index (χ3n) is 3.42. The van der Waals surface area contributed by atoms with Crippen molar-refractivity contribution in [2.75, 3.05) is 11.4 Å². The van der Waals surface area contributed by atoms with Gasteiger partial charge in [-0.25, -0.2) is 4.98 Å². The van der Waals surface area contributed by atoms with Gasteiger partial charge in [0.15, 0.2) is 0 Å². The van der Waals surface area contributed by atoms with E-state index in [0.29, 0.717) is 0 Å². The van der Waals surface area contributed by atoms with Crippen LogP contribution in [0.1, 0.15) is 11.1 Å². The van der Waals surface area contributed by atoms with Crippen molar-refractivity contribution in [1.29, 1.82) is 0 Å². The summed E-state index contributed by atoms with van der Waals surface area (Å²) in [5.41, 5.74) is 2.71. The van der Waals surface area contributed by atoms with Gasteiger partial charge in [-0.15, -0.1) is 13.2 Å². The average molecular weight is 294 g/mol. The van der Waals surface area contributed by atoms with E-state index in [2.05, 4.69) is 9.72 Å². The maximum absolute atomic E-state index is 12.2. The minimum Gasteiger partial charge on any atom is -0.406 e. The van der Waals surface area contributed by atoms with Crippen LogP contribution in [0.5, 0.6) is 5.75 Å². The van der Waals surface area contributed by atoms with Crippen LogP contribution in [0.3, 0.4) is 0 Å². The molecule has 0 aliphatic carbocycles. The van der Waals surface area contributed by atoms with Crippen molar-refractivity contribution in [1.82, 2.24) is 4.98 Å². The van der Waals surface area contributed by atoms with Crippen LogP contribution in [-0.2, 0) is 6.42 Å². The molecule has 1 aliphatic heterocycles. The van der Waals surface area contributed by atoms with Crippen LogP contribution in [0.2, 0.25) is 0 Å². The van der Waals surface area contributed by atoms with Crippen LogP contribution < -0.4 is 9.64 Å². The van der Waals surface area contributed by atoms with Crippen molar-refractivity contribution >= 4 is 11.5 Å². The summed E-state index contributed by atoms with van der Waals surface area (Å²) in [6.45, 7) is 2.53. The van der Waals surface area contributed by atoms with E-state index >= 15 is 0 Å². The number of halogens is 3. The van der Waals surface area contributed by atoms with Crippen LogP contribution in [0.4, 0.5) is 24.7 Å². The lowest BCUT2D eigenvalue weighted by atomic mass is 10.1. The van der Waals surface area contributed by atoms with Crippen molar-refractivity contribution < 1.29 is 17.9 Å². The van der Waals surface area contributed by atoms with Gasteiger partial charge in [-0.2, -0.15) is 0 Å². The molecule has 1 aromatic carbocycles. The smallest absolute Gasteiger partial charge is 0.406 e. The summed E-state index contributed by atoms with van der Waals surface area (Å²) < 4.78 is 40.6. The molecule has 2 aromatic rings. The zero-order chi connectivity index (χ0) is 15.0. The molecule has 3 rings (SSSR count). The summed E-state index contributed by atoms with van der Waals surface area (Å²) in [5, 5.41) is 0. The molecule has 0 fully saturated rings. The molecule has 3 nitrogen and oxygen atoms in total. The van der Waals surface area contributed by atoms with E-state index < -0.39 is 6.36 Å². The van der Waals surface area contributed by atoms with Crippen molar-refractivity contribution in [3.63, 3.8) is 0 Å². The molecule has 0 amide bonds. The van der Waals surface area contributed by atoms with Crippen molar-refractivity contribution in [3.8, 4) is 5.75 Å². The zero-order valence-electron chi connectivity index (χ0n) is 11.3. The highest BCUT2D eigenvalue weighted by Crippen LogP contribution is 2.36. The monoisotopic (exact) mass is 294 g/mol. The quantitative estimate of drug-likeness (QED) is 0.837. The maximum atomic E-state index is 12.2. The Bertz CT molecular complexity index is 670. The fourth-order valence-electron chi connectivity index (χ4n) is 2.57. The molecular weight excluding hydrogens is 281 g/mol. The van der Waals surface area contributed by atoms with E-state index in [0.717, 1.165) is 35.6 Å². The van der Waals surface area contributed by atoms with Crippen molar-refractivity contribution in [2.45, 2.75) is 19.7 Å². The molecule has 2 heterocycles. The largest absolute Gasteiger partial charge is 0.573 e. The molecule has 0 saturated carbocycles. The molecule has 1 aromatic heterocycles. The van der Waals surface area contributed by atoms with Gasteiger partial charge in [0.05, 0.1) is 0 Å². The summed E-state index contributed by atoms with van der Waals surface area (Å²) in [7, 11) is 0. The van der Waals surface area contributed by atoms with Gasteiger partial charge in [0.25, 0.3) is 0 Å². The zero-order valence-corrected chi connectivity index (χ0v) is 11.3. The number of fused-ring (bicyclic) bond motifs is 1. The third-order valence-corrected chi connectivity index (χ3v) is 3.42. The van der Waals surface area contributed by atoms with Gasteiger partial charge in [0, 0.05) is 18.4 Å². The van der Waals surface area contributed by atoms with E-state index in [9.17, 15) is 13.2 Å². The Balaban J connectivity index is 1.91. The Hall–Kier alpha value is -2.24. The molecule has 0 unspecified atom stereocenters. The van der Waals surface area contributed by atoms with E-state index in [-0.39, 0.29) is 5.75 Å². The van der Waals surface area contributed by atoms with Gasteiger partial charge < -0.3 is 9.64 Å². The summed E-state index contributed by atoms with van der Waals surface area (Å²) in [6, 6.07) is 8.26.